The molecule has 4 heteroatoms. The molecule has 2 rings (SSSR count). The maximum absolute atomic E-state index is 10.7. The van der Waals surface area contributed by atoms with Crippen LogP contribution < -0.4 is 4.90 Å². The van der Waals surface area contributed by atoms with E-state index in [0.29, 0.717) is 6.04 Å². The Bertz CT molecular complexity index is 490. The van der Waals surface area contributed by atoms with Crippen LogP contribution in [0.1, 0.15) is 17.5 Å². The highest BCUT2D eigenvalue weighted by molar-refractivity contribution is 5.87. The zero-order chi connectivity index (χ0) is 13.8. The number of benzene rings is 1. The van der Waals surface area contributed by atoms with E-state index in [1.165, 1.54) is 6.08 Å². The van der Waals surface area contributed by atoms with Crippen molar-refractivity contribution in [3.8, 4) is 0 Å². The molecule has 102 valence electrons. The van der Waals surface area contributed by atoms with Gasteiger partial charge in [-0.15, -0.1) is 0 Å². The Labute approximate surface area is 113 Å². The lowest BCUT2D eigenvalue weighted by molar-refractivity contribution is -0.131. The zero-order valence-electron chi connectivity index (χ0n) is 11.3. The third-order valence-corrected chi connectivity index (χ3v) is 3.42. The molecule has 0 bridgehead atoms. The predicted octanol–water partition coefficient (Wildman–Crippen LogP) is 2.32. The molecule has 19 heavy (non-hydrogen) atoms. The SMILES string of the molecule is Cc1ccc(N(C)C2CCOC2)c(/C=C/C(=O)O)c1. The van der Waals surface area contributed by atoms with E-state index in [2.05, 4.69) is 4.90 Å². The summed E-state index contributed by atoms with van der Waals surface area (Å²) in [5, 5.41) is 8.76. The first kappa shape index (κ1) is 13.6. The van der Waals surface area contributed by atoms with Crippen molar-refractivity contribution in [1.29, 1.82) is 0 Å². The van der Waals surface area contributed by atoms with Crippen LogP contribution in [0.25, 0.3) is 6.08 Å². The molecule has 1 atom stereocenters. The molecule has 1 N–H and O–H groups in total. The predicted molar refractivity (Wildman–Crippen MR) is 75.5 cm³/mol. The average Bonchev–Trinajstić information content (AvgIpc) is 2.89. The molecule has 1 aromatic rings. The molecule has 1 aliphatic heterocycles. The number of hydrogen-bond donors (Lipinski definition) is 1. The number of carboxylic acid groups (broad SMARTS) is 1. The van der Waals surface area contributed by atoms with Crippen molar-refractivity contribution in [2.24, 2.45) is 0 Å². The van der Waals surface area contributed by atoms with Crippen LogP contribution in [0, 0.1) is 6.92 Å². The summed E-state index contributed by atoms with van der Waals surface area (Å²) in [5.41, 5.74) is 3.08. The second-order valence-electron chi connectivity index (χ2n) is 4.86. The van der Waals surface area contributed by atoms with Crippen LogP contribution in [0.2, 0.25) is 0 Å². The lowest BCUT2D eigenvalue weighted by Gasteiger charge is -2.27. The van der Waals surface area contributed by atoms with E-state index in [1.807, 2.05) is 32.2 Å². The Hall–Kier alpha value is -1.81. The highest BCUT2D eigenvalue weighted by Gasteiger charge is 2.21. The van der Waals surface area contributed by atoms with Gasteiger partial charge in [0.05, 0.1) is 12.6 Å². The fourth-order valence-corrected chi connectivity index (χ4v) is 2.31. The molecule has 1 aromatic carbocycles. The van der Waals surface area contributed by atoms with Crippen LogP contribution in [0.15, 0.2) is 24.3 Å². The van der Waals surface area contributed by atoms with Gasteiger partial charge in [-0.2, -0.15) is 0 Å². The monoisotopic (exact) mass is 261 g/mol. The molecule has 0 aromatic heterocycles. The number of rotatable bonds is 4. The van der Waals surface area contributed by atoms with E-state index in [1.54, 1.807) is 6.08 Å². The molecule has 0 radical (unpaired) electrons. The minimum absolute atomic E-state index is 0.361. The second kappa shape index (κ2) is 5.89. The van der Waals surface area contributed by atoms with Crippen molar-refractivity contribution in [2.75, 3.05) is 25.2 Å². The minimum Gasteiger partial charge on any atom is -0.478 e. The normalized spacial score (nSPS) is 18.9. The Morgan fingerprint density at radius 3 is 2.95 bits per heavy atom. The second-order valence-corrected chi connectivity index (χ2v) is 4.86. The molecule has 0 saturated carbocycles. The van der Waals surface area contributed by atoms with Crippen molar-refractivity contribution in [1.82, 2.24) is 0 Å². The Balaban J connectivity index is 2.30. The van der Waals surface area contributed by atoms with Crippen molar-refractivity contribution >= 4 is 17.7 Å². The fraction of sp³-hybridized carbons (Fsp3) is 0.400. The van der Waals surface area contributed by atoms with Gasteiger partial charge in [-0.25, -0.2) is 4.79 Å². The first-order valence-electron chi connectivity index (χ1n) is 6.40. The van der Waals surface area contributed by atoms with Crippen LogP contribution >= 0.6 is 0 Å². The minimum atomic E-state index is -0.931. The summed E-state index contributed by atoms with van der Waals surface area (Å²) in [5.74, 6) is -0.931. The zero-order valence-corrected chi connectivity index (χ0v) is 11.3. The van der Waals surface area contributed by atoms with E-state index in [-0.39, 0.29) is 0 Å². The van der Waals surface area contributed by atoms with Gasteiger partial charge in [-0.3, -0.25) is 0 Å². The van der Waals surface area contributed by atoms with E-state index in [0.717, 1.165) is 36.4 Å². The Morgan fingerprint density at radius 2 is 2.32 bits per heavy atom. The topological polar surface area (TPSA) is 49.8 Å². The van der Waals surface area contributed by atoms with Gasteiger partial charge in [-0.05, 0) is 37.1 Å². The van der Waals surface area contributed by atoms with Crippen LogP contribution in [0.5, 0.6) is 0 Å². The number of carbonyl (C=O) groups is 1. The number of nitrogens with zero attached hydrogens (tertiary/aromatic N) is 1. The molecular formula is C15H19NO3. The molecule has 4 nitrogen and oxygen atoms in total. The summed E-state index contributed by atoms with van der Waals surface area (Å²) in [7, 11) is 2.03. The van der Waals surface area contributed by atoms with Gasteiger partial charge >= 0.3 is 5.97 Å². The van der Waals surface area contributed by atoms with Crippen LogP contribution in [0.3, 0.4) is 0 Å². The fourth-order valence-electron chi connectivity index (χ4n) is 2.31. The molecule has 0 spiro atoms. The summed E-state index contributed by atoms with van der Waals surface area (Å²) >= 11 is 0. The van der Waals surface area contributed by atoms with E-state index in [4.69, 9.17) is 9.84 Å². The lowest BCUT2D eigenvalue weighted by Crippen LogP contribution is -2.32. The van der Waals surface area contributed by atoms with Gasteiger partial charge in [0.2, 0.25) is 0 Å². The van der Waals surface area contributed by atoms with Gasteiger partial charge < -0.3 is 14.7 Å². The van der Waals surface area contributed by atoms with Gasteiger partial charge in [0.1, 0.15) is 0 Å². The van der Waals surface area contributed by atoms with E-state index in [9.17, 15) is 4.79 Å². The summed E-state index contributed by atoms with van der Waals surface area (Å²) in [6, 6.07) is 6.44. The molecule has 1 heterocycles. The largest absolute Gasteiger partial charge is 0.478 e. The van der Waals surface area contributed by atoms with Gasteiger partial charge in [0.25, 0.3) is 0 Å². The molecule has 0 aliphatic carbocycles. The van der Waals surface area contributed by atoms with Crippen molar-refractivity contribution in [2.45, 2.75) is 19.4 Å². The average molecular weight is 261 g/mol. The van der Waals surface area contributed by atoms with Crippen LogP contribution in [-0.4, -0.2) is 37.4 Å². The highest BCUT2D eigenvalue weighted by atomic mass is 16.5. The lowest BCUT2D eigenvalue weighted by atomic mass is 10.1. The molecular weight excluding hydrogens is 242 g/mol. The number of hydrogen-bond acceptors (Lipinski definition) is 3. The third-order valence-electron chi connectivity index (χ3n) is 3.42. The summed E-state index contributed by atoms with van der Waals surface area (Å²) in [6.07, 6.45) is 3.83. The number of likely N-dealkylation sites (N-methyl/N-ethyl adjacent to an activating group) is 1. The summed E-state index contributed by atoms with van der Waals surface area (Å²) < 4.78 is 5.41. The first-order valence-corrected chi connectivity index (χ1v) is 6.40. The van der Waals surface area contributed by atoms with E-state index >= 15 is 0 Å². The maximum Gasteiger partial charge on any atom is 0.328 e. The third kappa shape index (κ3) is 3.35. The Morgan fingerprint density at radius 1 is 1.53 bits per heavy atom. The van der Waals surface area contributed by atoms with Crippen LogP contribution in [-0.2, 0) is 9.53 Å². The maximum atomic E-state index is 10.7. The summed E-state index contributed by atoms with van der Waals surface area (Å²) in [6.45, 7) is 3.52. The molecule has 1 fully saturated rings. The van der Waals surface area contributed by atoms with Gasteiger partial charge in [0, 0.05) is 25.4 Å². The standard InChI is InChI=1S/C15H19NO3/c1-11-3-5-14(12(9-11)4-6-15(17)18)16(2)13-7-8-19-10-13/h3-6,9,13H,7-8,10H2,1-2H3,(H,17,18)/b6-4+. The highest BCUT2D eigenvalue weighted by Crippen LogP contribution is 2.26. The smallest absolute Gasteiger partial charge is 0.328 e. The number of aryl methyl sites for hydroxylation is 1. The van der Waals surface area contributed by atoms with Gasteiger partial charge in [0.15, 0.2) is 0 Å². The molecule has 0 amide bonds. The van der Waals surface area contributed by atoms with Gasteiger partial charge in [-0.1, -0.05) is 11.6 Å². The number of aliphatic carboxylic acids is 1. The quantitative estimate of drug-likeness (QED) is 0.845. The molecule has 1 unspecified atom stereocenters. The van der Waals surface area contributed by atoms with Crippen LogP contribution in [0.4, 0.5) is 5.69 Å². The summed E-state index contributed by atoms with van der Waals surface area (Å²) in [4.78, 5) is 12.8. The Kier molecular flexibility index (Phi) is 4.22. The number of anilines is 1. The van der Waals surface area contributed by atoms with Crippen molar-refractivity contribution in [3.63, 3.8) is 0 Å². The van der Waals surface area contributed by atoms with Crippen molar-refractivity contribution in [3.05, 3.63) is 35.4 Å². The first-order chi connectivity index (χ1) is 9.08. The van der Waals surface area contributed by atoms with E-state index < -0.39 is 5.97 Å². The van der Waals surface area contributed by atoms with Crippen molar-refractivity contribution < 1.29 is 14.6 Å². The number of carboxylic acids is 1. The molecule has 1 saturated heterocycles. The molecule has 1 aliphatic rings. The number of ether oxygens (including phenoxy) is 1.